The van der Waals surface area contributed by atoms with Crippen LogP contribution in [0.4, 0.5) is 0 Å². The minimum Gasteiger partial charge on any atom is -0.839 e. The molecule has 1 nitrogen and oxygen atoms in total. The average molecular weight is 266 g/mol. The van der Waals surface area contributed by atoms with Crippen LogP contribution in [0.15, 0.2) is 91.0 Å². The molecule has 0 aliphatic rings. The fourth-order valence-electron chi connectivity index (χ4n) is 2.52. The summed E-state index contributed by atoms with van der Waals surface area (Å²) in [7, 11) is 0. The summed E-state index contributed by atoms with van der Waals surface area (Å²) >= 11 is 0. The topological polar surface area (TPSA) is 23.1 Å². The molecule has 0 amide bonds. The van der Waals surface area contributed by atoms with Crippen LogP contribution in [0.25, 0.3) is 0 Å². The van der Waals surface area contributed by atoms with Gasteiger partial charge in [-0.1, -0.05) is 91.0 Å². The molecule has 3 rings (SSSR count). The van der Waals surface area contributed by atoms with E-state index in [1.54, 1.807) is 0 Å². The fraction of sp³-hybridized carbons (Fsp3) is 0.0526. The molecule has 0 saturated carbocycles. The van der Waals surface area contributed by atoms with Crippen molar-refractivity contribution in [2.45, 2.75) is 5.60 Å². The summed E-state index contributed by atoms with van der Waals surface area (Å²) in [5, 5.41) is 13.7. The fourth-order valence-corrected chi connectivity index (χ4v) is 2.52. The molecule has 0 aliphatic carbocycles. The van der Waals surface area contributed by atoms with Crippen molar-refractivity contribution in [3.8, 4) is 0 Å². The Hall–Kier alpha value is -1.78. The third-order valence-corrected chi connectivity index (χ3v) is 3.54. The van der Waals surface area contributed by atoms with Crippen molar-refractivity contribution in [3.63, 3.8) is 0 Å². The van der Waals surface area contributed by atoms with E-state index in [1.165, 1.54) is 0 Å². The van der Waals surface area contributed by atoms with Gasteiger partial charge in [-0.3, -0.25) is 0 Å². The van der Waals surface area contributed by atoms with Crippen molar-refractivity contribution in [1.82, 2.24) is 0 Å². The van der Waals surface area contributed by atoms with Crippen LogP contribution in [0.2, 0.25) is 0 Å². The maximum atomic E-state index is 13.7. The van der Waals surface area contributed by atoms with Crippen molar-refractivity contribution in [3.05, 3.63) is 108 Å². The molecular formula is C19H15LiO. The molecule has 0 spiro atoms. The predicted molar refractivity (Wildman–Crippen MR) is 79.2 cm³/mol. The van der Waals surface area contributed by atoms with Gasteiger partial charge in [0, 0.05) is 0 Å². The molecular weight excluding hydrogens is 251 g/mol. The Labute approximate surface area is 137 Å². The van der Waals surface area contributed by atoms with E-state index in [4.69, 9.17) is 0 Å². The largest absolute Gasteiger partial charge is 1.00 e. The Bertz CT molecular complexity index is 569. The molecule has 0 aliphatic heterocycles. The molecule has 0 saturated heterocycles. The summed E-state index contributed by atoms with van der Waals surface area (Å²) in [4.78, 5) is 0. The molecule has 0 aromatic heterocycles. The van der Waals surface area contributed by atoms with Crippen LogP contribution in [0.5, 0.6) is 0 Å². The smallest absolute Gasteiger partial charge is 0.839 e. The average Bonchev–Trinajstić information content (AvgIpc) is 2.56. The van der Waals surface area contributed by atoms with Gasteiger partial charge in [-0.2, -0.15) is 0 Å². The van der Waals surface area contributed by atoms with Gasteiger partial charge in [0.15, 0.2) is 0 Å². The first kappa shape index (κ1) is 15.6. The summed E-state index contributed by atoms with van der Waals surface area (Å²) in [6, 6.07) is 28.6. The molecule has 0 N–H and O–H groups in total. The van der Waals surface area contributed by atoms with Crippen molar-refractivity contribution in [1.29, 1.82) is 0 Å². The molecule has 0 bridgehead atoms. The Balaban J connectivity index is 0.00000161. The van der Waals surface area contributed by atoms with E-state index in [9.17, 15) is 5.11 Å². The third kappa shape index (κ3) is 2.96. The van der Waals surface area contributed by atoms with Crippen molar-refractivity contribution in [2.24, 2.45) is 0 Å². The van der Waals surface area contributed by atoms with Gasteiger partial charge in [0.1, 0.15) is 0 Å². The Kier molecular flexibility index (Phi) is 5.04. The predicted octanol–water partition coefficient (Wildman–Crippen LogP) is 0.343. The van der Waals surface area contributed by atoms with Crippen LogP contribution in [0.1, 0.15) is 16.7 Å². The van der Waals surface area contributed by atoms with Gasteiger partial charge in [0.2, 0.25) is 0 Å². The second kappa shape index (κ2) is 6.78. The Morgan fingerprint density at radius 3 is 0.952 bits per heavy atom. The summed E-state index contributed by atoms with van der Waals surface area (Å²) in [6.45, 7) is 0. The van der Waals surface area contributed by atoms with Crippen LogP contribution in [-0.4, -0.2) is 0 Å². The molecule has 0 unspecified atom stereocenters. The van der Waals surface area contributed by atoms with Crippen LogP contribution >= 0.6 is 0 Å². The number of rotatable bonds is 3. The number of hydrogen-bond acceptors (Lipinski definition) is 1. The van der Waals surface area contributed by atoms with Gasteiger partial charge in [0.05, 0.1) is 0 Å². The zero-order chi connectivity index (χ0) is 13.8. The third-order valence-electron chi connectivity index (χ3n) is 3.54. The molecule has 98 valence electrons. The molecule has 2 heteroatoms. The first-order valence-electron chi connectivity index (χ1n) is 6.69. The number of hydrogen-bond donors (Lipinski definition) is 0. The van der Waals surface area contributed by atoms with E-state index in [1.807, 2.05) is 91.0 Å². The molecule has 0 atom stereocenters. The summed E-state index contributed by atoms with van der Waals surface area (Å²) in [6.07, 6.45) is 0. The van der Waals surface area contributed by atoms with Crippen LogP contribution in [0, 0.1) is 0 Å². The van der Waals surface area contributed by atoms with Gasteiger partial charge < -0.3 is 5.11 Å². The van der Waals surface area contributed by atoms with Crippen molar-refractivity contribution < 1.29 is 24.0 Å². The van der Waals surface area contributed by atoms with Gasteiger partial charge in [-0.25, -0.2) is 0 Å². The van der Waals surface area contributed by atoms with E-state index in [0.29, 0.717) is 0 Å². The van der Waals surface area contributed by atoms with Crippen LogP contribution in [0.3, 0.4) is 0 Å². The van der Waals surface area contributed by atoms with Crippen molar-refractivity contribution >= 4 is 0 Å². The van der Waals surface area contributed by atoms with Gasteiger partial charge in [-0.15, -0.1) is 0 Å². The van der Waals surface area contributed by atoms with Crippen LogP contribution < -0.4 is 24.0 Å². The maximum Gasteiger partial charge on any atom is 1.00 e. The van der Waals surface area contributed by atoms with E-state index in [0.717, 1.165) is 16.7 Å². The molecule has 3 aromatic rings. The molecule has 0 fully saturated rings. The van der Waals surface area contributed by atoms with Crippen LogP contribution in [-0.2, 0) is 5.60 Å². The summed E-state index contributed by atoms with van der Waals surface area (Å²) < 4.78 is 0. The quantitative estimate of drug-likeness (QED) is 0.495. The Morgan fingerprint density at radius 2 is 0.714 bits per heavy atom. The molecule has 0 radical (unpaired) electrons. The monoisotopic (exact) mass is 266 g/mol. The SMILES string of the molecule is [Li+].[O-]C(c1ccccc1)(c1ccccc1)c1ccccc1. The molecule has 0 heterocycles. The zero-order valence-electron chi connectivity index (χ0n) is 12.1. The standard InChI is InChI=1S/C19H15O.Li/c20-19(16-10-4-1-5-11-16,17-12-6-2-7-13-17)18-14-8-3-9-15-18;/h1-15H;/q-1;+1. The first-order chi connectivity index (χ1) is 9.82. The zero-order valence-corrected chi connectivity index (χ0v) is 12.1. The normalized spacial score (nSPS) is 10.7. The summed E-state index contributed by atoms with van der Waals surface area (Å²) in [5.41, 5.74) is 0.913. The van der Waals surface area contributed by atoms with Gasteiger partial charge in [-0.05, 0) is 22.3 Å². The maximum absolute atomic E-state index is 13.7. The second-order valence-corrected chi connectivity index (χ2v) is 4.78. The number of benzene rings is 3. The second-order valence-electron chi connectivity index (χ2n) is 4.78. The molecule has 3 aromatic carbocycles. The van der Waals surface area contributed by atoms with Crippen molar-refractivity contribution in [2.75, 3.05) is 0 Å². The van der Waals surface area contributed by atoms with Gasteiger partial charge >= 0.3 is 18.9 Å². The minimum atomic E-state index is -1.37. The van der Waals surface area contributed by atoms with E-state index < -0.39 is 5.60 Å². The Morgan fingerprint density at radius 1 is 0.476 bits per heavy atom. The van der Waals surface area contributed by atoms with Gasteiger partial charge in [0.25, 0.3) is 0 Å². The van der Waals surface area contributed by atoms with E-state index in [-0.39, 0.29) is 18.9 Å². The van der Waals surface area contributed by atoms with E-state index >= 15 is 0 Å². The minimum absolute atomic E-state index is 0. The van der Waals surface area contributed by atoms with E-state index in [2.05, 4.69) is 0 Å². The summed E-state index contributed by atoms with van der Waals surface area (Å²) in [5.74, 6) is 0. The first-order valence-corrected chi connectivity index (χ1v) is 6.69. The molecule has 21 heavy (non-hydrogen) atoms.